The molecule has 4 nitrogen and oxygen atoms in total. The molecule has 0 radical (unpaired) electrons. The number of aliphatic hydroxyl groups excluding tert-OH is 1. The second kappa shape index (κ2) is 8.61. The Kier molecular flexibility index (Phi) is 6.52. The zero-order valence-corrected chi connectivity index (χ0v) is 13.8. The molecule has 0 aliphatic heterocycles. The largest absolute Gasteiger partial charge is 0.491 e. The Hall–Kier alpha value is -2.18. The summed E-state index contributed by atoms with van der Waals surface area (Å²) in [6.07, 6.45) is -0.561. The van der Waals surface area contributed by atoms with Gasteiger partial charge in [-0.2, -0.15) is 0 Å². The van der Waals surface area contributed by atoms with E-state index in [1.165, 1.54) is 12.1 Å². The van der Waals surface area contributed by atoms with Gasteiger partial charge in [-0.25, -0.2) is 8.78 Å². The minimum absolute atomic E-state index is 0.186. The third-order valence-corrected chi connectivity index (χ3v) is 3.39. The predicted molar refractivity (Wildman–Crippen MR) is 90.2 cm³/mol. The number of nitrogens with zero attached hydrogens (tertiary/aromatic N) is 1. The minimum atomic E-state index is -0.852. The normalized spacial score (nSPS) is 12.2. The zero-order chi connectivity index (χ0) is 17.5. The molecule has 1 unspecified atom stereocenters. The first kappa shape index (κ1) is 18.2. The van der Waals surface area contributed by atoms with Crippen LogP contribution in [0.4, 0.5) is 14.5 Å². The van der Waals surface area contributed by atoms with Crippen molar-refractivity contribution in [3.05, 3.63) is 59.7 Å². The first-order chi connectivity index (χ1) is 11.5. The van der Waals surface area contributed by atoms with Crippen LogP contribution in [-0.2, 0) is 6.54 Å². The fraction of sp³-hybridized carbons (Fsp3) is 0.333. The maximum absolute atomic E-state index is 13.6. The molecule has 0 aliphatic carbocycles. The Balaban J connectivity index is 1.85. The van der Waals surface area contributed by atoms with E-state index in [2.05, 4.69) is 5.32 Å². The van der Waals surface area contributed by atoms with Crippen molar-refractivity contribution >= 4 is 5.69 Å². The fourth-order valence-corrected chi connectivity index (χ4v) is 2.22. The van der Waals surface area contributed by atoms with E-state index < -0.39 is 17.7 Å². The molecule has 0 bridgehead atoms. The summed E-state index contributed by atoms with van der Waals surface area (Å²) >= 11 is 0. The highest BCUT2D eigenvalue weighted by atomic mass is 19.2. The van der Waals surface area contributed by atoms with Crippen LogP contribution in [0, 0.1) is 11.6 Å². The average molecular weight is 336 g/mol. The molecule has 24 heavy (non-hydrogen) atoms. The van der Waals surface area contributed by atoms with Crippen LogP contribution in [0.15, 0.2) is 42.5 Å². The van der Waals surface area contributed by atoms with Gasteiger partial charge in [-0.1, -0.05) is 12.1 Å². The SMILES string of the molecule is CN(C)CC(O)COc1ccc(NCc2cccc(F)c2F)cc1. The number of hydrogen-bond donors (Lipinski definition) is 2. The lowest BCUT2D eigenvalue weighted by atomic mass is 10.2. The van der Waals surface area contributed by atoms with Crippen molar-refractivity contribution in [2.24, 2.45) is 0 Å². The number of nitrogens with one attached hydrogen (secondary N) is 1. The molecule has 0 amide bonds. The summed E-state index contributed by atoms with van der Waals surface area (Å²) in [5.74, 6) is -1.05. The van der Waals surface area contributed by atoms with Crippen LogP contribution in [0.25, 0.3) is 0 Å². The number of ether oxygens (including phenoxy) is 1. The highest BCUT2D eigenvalue weighted by Gasteiger charge is 2.08. The number of rotatable bonds is 8. The predicted octanol–water partition coefficient (Wildman–Crippen LogP) is 2.88. The fourth-order valence-electron chi connectivity index (χ4n) is 2.22. The van der Waals surface area contributed by atoms with Crippen LogP contribution in [0.2, 0.25) is 0 Å². The molecule has 2 aromatic rings. The lowest BCUT2D eigenvalue weighted by Crippen LogP contribution is -2.30. The van der Waals surface area contributed by atoms with Crippen LogP contribution < -0.4 is 10.1 Å². The van der Waals surface area contributed by atoms with Crippen molar-refractivity contribution in [1.82, 2.24) is 4.90 Å². The third-order valence-electron chi connectivity index (χ3n) is 3.39. The van der Waals surface area contributed by atoms with Gasteiger partial charge in [-0.15, -0.1) is 0 Å². The summed E-state index contributed by atoms with van der Waals surface area (Å²) in [5.41, 5.74) is 1.03. The monoisotopic (exact) mass is 336 g/mol. The van der Waals surface area contributed by atoms with Gasteiger partial charge in [0, 0.05) is 24.3 Å². The molecular weight excluding hydrogens is 314 g/mol. The Labute approximate surface area is 140 Å². The molecule has 6 heteroatoms. The number of anilines is 1. The zero-order valence-electron chi connectivity index (χ0n) is 13.8. The number of aliphatic hydroxyl groups is 1. The quantitative estimate of drug-likeness (QED) is 0.778. The molecule has 0 heterocycles. The van der Waals surface area contributed by atoms with Gasteiger partial charge in [0.05, 0.1) is 0 Å². The van der Waals surface area contributed by atoms with Crippen molar-refractivity contribution in [1.29, 1.82) is 0 Å². The van der Waals surface area contributed by atoms with Crippen LogP contribution in [0.1, 0.15) is 5.56 Å². The van der Waals surface area contributed by atoms with Crippen LogP contribution in [0.3, 0.4) is 0 Å². The third kappa shape index (κ3) is 5.47. The molecule has 130 valence electrons. The van der Waals surface area contributed by atoms with Crippen molar-refractivity contribution in [3.63, 3.8) is 0 Å². The van der Waals surface area contributed by atoms with Gasteiger partial charge in [-0.05, 0) is 44.4 Å². The molecule has 0 saturated heterocycles. The summed E-state index contributed by atoms with van der Waals surface area (Å²) in [7, 11) is 3.76. The van der Waals surface area contributed by atoms with E-state index in [4.69, 9.17) is 4.74 Å². The van der Waals surface area contributed by atoms with Crippen molar-refractivity contribution in [3.8, 4) is 5.75 Å². The Morgan fingerprint density at radius 1 is 1.12 bits per heavy atom. The number of hydrogen-bond acceptors (Lipinski definition) is 4. The first-order valence-electron chi connectivity index (χ1n) is 7.68. The minimum Gasteiger partial charge on any atom is -0.491 e. The molecule has 0 aromatic heterocycles. The van der Waals surface area contributed by atoms with Crippen LogP contribution in [0.5, 0.6) is 5.75 Å². The highest BCUT2D eigenvalue weighted by Crippen LogP contribution is 2.18. The Morgan fingerprint density at radius 2 is 1.83 bits per heavy atom. The summed E-state index contributed by atoms with van der Waals surface area (Å²) in [6, 6.07) is 11.2. The van der Waals surface area contributed by atoms with Gasteiger partial charge >= 0.3 is 0 Å². The lowest BCUT2D eigenvalue weighted by molar-refractivity contribution is 0.0831. The van der Waals surface area contributed by atoms with Gasteiger partial charge < -0.3 is 20.1 Å². The smallest absolute Gasteiger partial charge is 0.163 e. The number of likely N-dealkylation sites (N-methyl/N-ethyl adjacent to an activating group) is 1. The van der Waals surface area contributed by atoms with Gasteiger partial charge in [0.2, 0.25) is 0 Å². The maximum atomic E-state index is 13.6. The van der Waals surface area contributed by atoms with Gasteiger partial charge in [0.1, 0.15) is 18.5 Å². The standard InChI is InChI=1S/C18H22F2N2O2/c1-22(2)11-15(23)12-24-16-8-6-14(7-9-16)21-10-13-4-3-5-17(19)18(13)20/h3-9,15,21,23H,10-12H2,1-2H3. The molecule has 0 fully saturated rings. The number of benzene rings is 2. The van der Waals surface area contributed by atoms with Crippen LogP contribution >= 0.6 is 0 Å². The van der Waals surface area contributed by atoms with E-state index in [0.717, 1.165) is 11.8 Å². The molecular formula is C18H22F2N2O2. The molecule has 0 spiro atoms. The second-order valence-corrected chi connectivity index (χ2v) is 5.82. The molecule has 0 aliphatic rings. The first-order valence-corrected chi connectivity index (χ1v) is 7.68. The van der Waals surface area contributed by atoms with Gasteiger partial charge in [0.15, 0.2) is 11.6 Å². The summed E-state index contributed by atoms with van der Waals surface area (Å²) < 4.78 is 32.2. The van der Waals surface area contributed by atoms with E-state index in [1.807, 2.05) is 19.0 Å². The van der Waals surface area contributed by atoms with E-state index in [9.17, 15) is 13.9 Å². The summed E-state index contributed by atoms with van der Waals surface area (Å²) in [5, 5.41) is 12.8. The van der Waals surface area contributed by atoms with Gasteiger partial charge in [0.25, 0.3) is 0 Å². The Morgan fingerprint density at radius 3 is 2.50 bits per heavy atom. The van der Waals surface area contributed by atoms with E-state index in [-0.39, 0.29) is 18.7 Å². The lowest BCUT2D eigenvalue weighted by Gasteiger charge is -2.16. The topological polar surface area (TPSA) is 44.7 Å². The Bertz CT molecular complexity index is 648. The summed E-state index contributed by atoms with van der Waals surface area (Å²) in [4.78, 5) is 1.88. The maximum Gasteiger partial charge on any atom is 0.163 e. The molecule has 2 rings (SSSR count). The van der Waals surface area contributed by atoms with E-state index in [0.29, 0.717) is 12.3 Å². The molecule has 2 N–H and O–H groups in total. The molecule has 2 aromatic carbocycles. The number of halogens is 2. The molecule has 0 saturated carbocycles. The van der Waals surface area contributed by atoms with Gasteiger partial charge in [-0.3, -0.25) is 0 Å². The second-order valence-electron chi connectivity index (χ2n) is 5.82. The van der Waals surface area contributed by atoms with E-state index >= 15 is 0 Å². The van der Waals surface area contributed by atoms with Crippen molar-refractivity contribution in [2.45, 2.75) is 12.6 Å². The highest BCUT2D eigenvalue weighted by molar-refractivity contribution is 5.46. The average Bonchev–Trinajstić information content (AvgIpc) is 2.55. The summed E-state index contributed by atoms with van der Waals surface area (Å²) in [6.45, 7) is 0.920. The molecule has 1 atom stereocenters. The van der Waals surface area contributed by atoms with Crippen molar-refractivity contribution in [2.75, 3.05) is 32.6 Å². The van der Waals surface area contributed by atoms with Crippen molar-refractivity contribution < 1.29 is 18.6 Å². The van der Waals surface area contributed by atoms with Crippen LogP contribution in [-0.4, -0.2) is 43.4 Å². The van der Waals surface area contributed by atoms with E-state index in [1.54, 1.807) is 24.3 Å².